The summed E-state index contributed by atoms with van der Waals surface area (Å²) in [6, 6.07) is 1.69. The number of benzene rings is 1. The maximum absolute atomic E-state index is 5.93. The molecule has 0 amide bonds. The van der Waals surface area contributed by atoms with Crippen molar-refractivity contribution in [2.24, 2.45) is 0 Å². The van der Waals surface area contributed by atoms with Gasteiger partial charge in [-0.25, -0.2) is 0 Å². The van der Waals surface area contributed by atoms with Gasteiger partial charge in [0.1, 0.15) is 0 Å². The third kappa shape index (κ3) is 2.32. The molecule has 5 heteroatoms. The molecule has 4 N–H and O–H groups in total. The molecular weight excluding hydrogens is 277 g/mol. The molecule has 1 rings (SSSR count). The van der Waals surface area contributed by atoms with Gasteiger partial charge in [0.25, 0.3) is 0 Å². The van der Waals surface area contributed by atoms with Crippen LogP contribution < -0.4 is 16.4 Å². The Morgan fingerprint density at radius 3 is 2.33 bits per heavy atom. The first-order valence-corrected chi connectivity index (χ1v) is 5.97. The van der Waals surface area contributed by atoms with E-state index in [2.05, 4.69) is 34.7 Å². The summed E-state index contributed by atoms with van der Waals surface area (Å²) in [5, 5.41) is 0.482. The standard InChI is InChI=1S/C10H15BrClN3/c1-3-15(4-2)10-7(13)5-6(12)9(14)8(10)11/h5H,3-4,13-14H2,1-2H3. The van der Waals surface area contributed by atoms with Gasteiger partial charge in [-0.15, -0.1) is 0 Å². The number of halogens is 2. The molecule has 84 valence electrons. The maximum Gasteiger partial charge on any atom is 0.0766 e. The van der Waals surface area contributed by atoms with Crippen molar-refractivity contribution in [1.29, 1.82) is 0 Å². The maximum atomic E-state index is 5.93. The van der Waals surface area contributed by atoms with E-state index in [4.69, 9.17) is 23.1 Å². The molecule has 15 heavy (non-hydrogen) atoms. The van der Waals surface area contributed by atoms with Crippen LogP contribution >= 0.6 is 27.5 Å². The molecule has 0 saturated carbocycles. The van der Waals surface area contributed by atoms with Gasteiger partial charge in [0, 0.05) is 13.1 Å². The van der Waals surface area contributed by atoms with Gasteiger partial charge in [0.05, 0.1) is 26.6 Å². The number of hydrogen-bond donors (Lipinski definition) is 2. The van der Waals surface area contributed by atoms with Crippen molar-refractivity contribution in [2.75, 3.05) is 29.5 Å². The lowest BCUT2D eigenvalue weighted by molar-refractivity contribution is 0.865. The fourth-order valence-electron chi connectivity index (χ4n) is 1.50. The van der Waals surface area contributed by atoms with E-state index in [1.165, 1.54) is 0 Å². The predicted octanol–water partition coefficient (Wildman–Crippen LogP) is 3.11. The van der Waals surface area contributed by atoms with Crippen LogP contribution in [0.2, 0.25) is 5.02 Å². The highest BCUT2D eigenvalue weighted by molar-refractivity contribution is 9.10. The molecule has 0 radical (unpaired) electrons. The van der Waals surface area contributed by atoms with Gasteiger partial charge in [-0.3, -0.25) is 0 Å². The molecular formula is C10H15BrClN3. The molecule has 0 fully saturated rings. The molecule has 0 spiro atoms. The van der Waals surface area contributed by atoms with E-state index in [1.54, 1.807) is 6.07 Å². The van der Waals surface area contributed by atoms with E-state index in [-0.39, 0.29) is 0 Å². The first kappa shape index (κ1) is 12.5. The first-order valence-electron chi connectivity index (χ1n) is 4.80. The SMILES string of the molecule is CCN(CC)c1c(N)cc(Cl)c(N)c1Br. The minimum atomic E-state index is 0.482. The van der Waals surface area contributed by atoms with Gasteiger partial charge < -0.3 is 16.4 Å². The zero-order valence-electron chi connectivity index (χ0n) is 8.85. The third-order valence-corrected chi connectivity index (χ3v) is 3.45. The van der Waals surface area contributed by atoms with E-state index in [9.17, 15) is 0 Å². The zero-order valence-corrected chi connectivity index (χ0v) is 11.2. The summed E-state index contributed by atoms with van der Waals surface area (Å²) in [6.07, 6.45) is 0. The second kappa shape index (κ2) is 4.94. The summed E-state index contributed by atoms with van der Waals surface area (Å²) in [6.45, 7) is 5.89. The van der Waals surface area contributed by atoms with Gasteiger partial charge >= 0.3 is 0 Å². The van der Waals surface area contributed by atoms with Gasteiger partial charge in [-0.2, -0.15) is 0 Å². The van der Waals surface area contributed by atoms with Crippen LogP contribution in [0, 0.1) is 0 Å². The smallest absolute Gasteiger partial charge is 0.0766 e. The minimum Gasteiger partial charge on any atom is -0.397 e. The van der Waals surface area contributed by atoms with Crippen LogP contribution in [0.1, 0.15) is 13.8 Å². The molecule has 0 saturated heterocycles. The number of rotatable bonds is 3. The summed E-state index contributed by atoms with van der Waals surface area (Å²) < 4.78 is 0.774. The Kier molecular flexibility index (Phi) is 4.11. The molecule has 0 aliphatic rings. The number of hydrogen-bond acceptors (Lipinski definition) is 3. The van der Waals surface area contributed by atoms with Crippen LogP contribution in [-0.4, -0.2) is 13.1 Å². The Bertz CT molecular complexity index is 364. The average molecular weight is 293 g/mol. The first-order chi connectivity index (χ1) is 7.02. The molecule has 0 aliphatic carbocycles. The Balaban J connectivity index is 3.34. The Labute approximate surface area is 104 Å². The van der Waals surface area contributed by atoms with Crippen LogP contribution in [0.5, 0.6) is 0 Å². The topological polar surface area (TPSA) is 55.3 Å². The summed E-state index contributed by atoms with van der Waals surface area (Å²) in [5.41, 5.74) is 13.9. The van der Waals surface area contributed by atoms with Crippen LogP contribution in [0.4, 0.5) is 17.1 Å². The fraction of sp³-hybridized carbons (Fsp3) is 0.400. The number of nitrogens with zero attached hydrogens (tertiary/aromatic N) is 1. The average Bonchev–Trinajstić information content (AvgIpc) is 2.21. The Hall–Kier alpha value is -0.610. The van der Waals surface area contributed by atoms with Crippen molar-refractivity contribution in [3.8, 4) is 0 Å². The lowest BCUT2D eigenvalue weighted by Crippen LogP contribution is -2.23. The van der Waals surface area contributed by atoms with E-state index in [1.807, 2.05) is 0 Å². The Morgan fingerprint density at radius 2 is 1.87 bits per heavy atom. The Morgan fingerprint density at radius 1 is 1.33 bits per heavy atom. The van der Waals surface area contributed by atoms with E-state index in [0.29, 0.717) is 16.4 Å². The van der Waals surface area contributed by atoms with Crippen molar-refractivity contribution in [2.45, 2.75) is 13.8 Å². The lowest BCUT2D eigenvalue weighted by atomic mass is 10.2. The highest BCUT2D eigenvalue weighted by Gasteiger charge is 2.15. The zero-order chi connectivity index (χ0) is 11.6. The van der Waals surface area contributed by atoms with Crippen LogP contribution in [0.3, 0.4) is 0 Å². The van der Waals surface area contributed by atoms with Gasteiger partial charge in [-0.1, -0.05) is 11.6 Å². The second-order valence-electron chi connectivity index (χ2n) is 3.20. The minimum absolute atomic E-state index is 0.482. The largest absolute Gasteiger partial charge is 0.397 e. The van der Waals surface area contributed by atoms with Crippen molar-refractivity contribution >= 4 is 44.6 Å². The monoisotopic (exact) mass is 291 g/mol. The molecule has 0 aliphatic heterocycles. The van der Waals surface area contributed by atoms with Gasteiger partial charge in [0.2, 0.25) is 0 Å². The molecule has 0 atom stereocenters. The fourth-order valence-corrected chi connectivity index (χ4v) is 2.52. The van der Waals surface area contributed by atoms with E-state index < -0.39 is 0 Å². The van der Waals surface area contributed by atoms with Crippen molar-refractivity contribution in [3.63, 3.8) is 0 Å². The van der Waals surface area contributed by atoms with E-state index in [0.717, 1.165) is 23.2 Å². The highest BCUT2D eigenvalue weighted by Crippen LogP contribution is 2.40. The van der Waals surface area contributed by atoms with E-state index >= 15 is 0 Å². The van der Waals surface area contributed by atoms with Gasteiger partial charge in [0.15, 0.2) is 0 Å². The highest BCUT2D eigenvalue weighted by atomic mass is 79.9. The van der Waals surface area contributed by atoms with Crippen molar-refractivity contribution in [1.82, 2.24) is 0 Å². The number of nitrogen functional groups attached to an aromatic ring is 2. The van der Waals surface area contributed by atoms with Crippen molar-refractivity contribution < 1.29 is 0 Å². The molecule has 1 aromatic carbocycles. The summed E-state index contributed by atoms with van der Waals surface area (Å²) >= 11 is 9.36. The van der Waals surface area contributed by atoms with Crippen molar-refractivity contribution in [3.05, 3.63) is 15.6 Å². The summed E-state index contributed by atoms with van der Waals surface area (Å²) in [7, 11) is 0. The number of anilines is 3. The normalized spacial score (nSPS) is 10.4. The van der Waals surface area contributed by atoms with Gasteiger partial charge in [-0.05, 0) is 35.8 Å². The lowest BCUT2D eigenvalue weighted by Gasteiger charge is -2.25. The summed E-state index contributed by atoms with van der Waals surface area (Å²) in [5.74, 6) is 0. The third-order valence-electron chi connectivity index (χ3n) is 2.34. The molecule has 0 heterocycles. The quantitative estimate of drug-likeness (QED) is 0.842. The molecule has 0 bridgehead atoms. The molecule has 0 unspecified atom stereocenters. The molecule has 0 aromatic heterocycles. The second-order valence-corrected chi connectivity index (χ2v) is 4.40. The van der Waals surface area contributed by atoms with Crippen LogP contribution in [0.25, 0.3) is 0 Å². The molecule has 1 aromatic rings. The molecule has 3 nitrogen and oxygen atoms in total. The summed E-state index contributed by atoms with van der Waals surface area (Å²) in [4.78, 5) is 2.13. The van der Waals surface area contributed by atoms with Crippen LogP contribution in [0.15, 0.2) is 10.5 Å². The van der Waals surface area contributed by atoms with Crippen LogP contribution in [-0.2, 0) is 0 Å². The predicted molar refractivity (Wildman–Crippen MR) is 71.5 cm³/mol. The number of nitrogens with two attached hydrogens (primary N) is 2.